The van der Waals surface area contributed by atoms with Crippen LogP contribution in [0, 0.1) is 5.82 Å². The minimum Gasteiger partial charge on any atom is -0.480 e. The number of hydrogen-bond donors (Lipinski definition) is 1. The lowest BCUT2D eigenvalue weighted by atomic mass is 10.2. The van der Waals surface area contributed by atoms with E-state index in [-0.39, 0.29) is 18.4 Å². The Kier molecular flexibility index (Phi) is 5.08. The summed E-state index contributed by atoms with van der Waals surface area (Å²) in [5.74, 6) is -1.21. The maximum absolute atomic E-state index is 13.2. The largest absolute Gasteiger partial charge is 0.480 e. The van der Waals surface area contributed by atoms with Crippen LogP contribution in [-0.2, 0) is 11.3 Å². The Morgan fingerprint density at radius 1 is 1.47 bits per heavy atom. The number of rotatable bonds is 5. The van der Waals surface area contributed by atoms with Crippen LogP contribution in [0.15, 0.2) is 22.7 Å². The fourth-order valence-electron chi connectivity index (χ4n) is 1.53. The smallest absolute Gasteiger partial charge is 0.317 e. The molecule has 0 aliphatic heterocycles. The maximum atomic E-state index is 13.2. The monoisotopic (exact) mass is 303 g/mol. The molecule has 0 amide bonds. The van der Waals surface area contributed by atoms with E-state index < -0.39 is 5.97 Å². The van der Waals surface area contributed by atoms with Crippen LogP contribution < -0.4 is 0 Å². The van der Waals surface area contributed by atoms with Gasteiger partial charge >= 0.3 is 5.97 Å². The van der Waals surface area contributed by atoms with Crippen LogP contribution in [0.2, 0.25) is 0 Å². The van der Waals surface area contributed by atoms with Crippen molar-refractivity contribution < 1.29 is 14.3 Å². The highest BCUT2D eigenvalue weighted by Gasteiger charge is 2.14. The molecular formula is C12H15BrFNO2. The molecule has 0 aliphatic rings. The fraction of sp³-hybridized carbons (Fsp3) is 0.417. The molecule has 0 spiro atoms. The number of halogens is 2. The van der Waals surface area contributed by atoms with Crippen LogP contribution in [0.4, 0.5) is 4.39 Å². The number of carboxylic acids is 1. The van der Waals surface area contributed by atoms with Gasteiger partial charge in [-0.05, 0) is 37.6 Å². The number of nitrogens with zero attached hydrogens (tertiary/aromatic N) is 1. The van der Waals surface area contributed by atoms with Gasteiger partial charge in [-0.3, -0.25) is 9.69 Å². The molecule has 1 rings (SSSR count). The summed E-state index contributed by atoms with van der Waals surface area (Å²) in [7, 11) is 0. The van der Waals surface area contributed by atoms with E-state index in [1.54, 1.807) is 11.0 Å². The molecule has 0 aliphatic carbocycles. The van der Waals surface area contributed by atoms with Crippen molar-refractivity contribution in [2.45, 2.75) is 26.4 Å². The molecule has 1 N–H and O–H groups in total. The molecule has 94 valence electrons. The molecule has 5 heteroatoms. The van der Waals surface area contributed by atoms with E-state index in [0.29, 0.717) is 11.0 Å². The van der Waals surface area contributed by atoms with Gasteiger partial charge in [-0.1, -0.05) is 15.9 Å². The first-order chi connectivity index (χ1) is 7.88. The van der Waals surface area contributed by atoms with E-state index in [4.69, 9.17) is 5.11 Å². The first-order valence-electron chi connectivity index (χ1n) is 5.29. The van der Waals surface area contributed by atoms with Gasteiger partial charge in [0.15, 0.2) is 0 Å². The highest BCUT2D eigenvalue weighted by atomic mass is 79.9. The summed E-state index contributed by atoms with van der Waals surface area (Å²) in [5, 5.41) is 8.79. The van der Waals surface area contributed by atoms with E-state index >= 15 is 0 Å². The number of benzene rings is 1. The van der Waals surface area contributed by atoms with Gasteiger partial charge in [-0.2, -0.15) is 0 Å². The lowest BCUT2D eigenvalue weighted by molar-refractivity contribution is -0.138. The molecule has 0 aromatic heterocycles. The van der Waals surface area contributed by atoms with Crippen LogP contribution in [0.25, 0.3) is 0 Å². The number of carboxylic acid groups (broad SMARTS) is 1. The van der Waals surface area contributed by atoms with E-state index in [9.17, 15) is 9.18 Å². The molecule has 3 nitrogen and oxygen atoms in total. The summed E-state index contributed by atoms with van der Waals surface area (Å²) in [4.78, 5) is 12.5. The predicted octanol–water partition coefficient (Wildman–Crippen LogP) is 2.88. The Balaban J connectivity index is 2.81. The van der Waals surface area contributed by atoms with Gasteiger partial charge < -0.3 is 5.11 Å². The van der Waals surface area contributed by atoms with Gasteiger partial charge in [0, 0.05) is 17.1 Å². The molecule has 17 heavy (non-hydrogen) atoms. The second-order valence-electron chi connectivity index (χ2n) is 4.17. The van der Waals surface area contributed by atoms with Crippen molar-refractivity contribution in [2.75, 3.05) is 6.54 Å². The predicted molar refractivity (Wildman–Crippen MR) is 67.3 cm³/mol. The first-order valence-corrected chi connectivity index (χ1v) is 6.08. The van der Waals surface area contributed by atoms with Gasteiger partial charge in [0.05, 0.1) is 6.54 Å². The molecule has 0 unspecified atom stereocenters. The number of carbonyl (C=O) groups is 1. The van der Waals surface area contributed by atoms with E-state index in [1.807, 2.05) is 13.8 Å². The van der Waals surface area contributed by atoms with Crippen LogP contribution in [-0.4, -0.2) is 28.6 Å². The molecule has 0 saturated carbocycles. The zero-order valence-corrected chi connectivity index (χ0v) is 11.4. The highest BCUT2D eigenvalue weighted by molar-refractivity contribution is 9.10. The number of aliphatic carboxylic acids is 1. The zero-order chi connectivity index (χ0) is 13.0. The van der Waals surface area contributed by atoms with Crippen LogP contribution >= 0.6 is 15.9 Å². The minimum absolute atomic E-state index is 0.0498. The summed E-state index contributed by atoms with van der Waals surface area (Å²) in [6.45, 7) is 4.20. The Morgan fingerprint density at radius 2 is 2.12 bits per heavy atom. The molecule has 0 heterocycles. The summed E-state index contributed by atoms with van der Waals surface area (Å²) in [6, 6.07) is 4.68. The van der Waals surface area contributed by atoms with Gasteiger partial charge in [0.25, 0.3) is 0 Å². The summed E-state index contributed by atoms with van der Waals surface area (Å²) < 4.78 is 13.8. The van der Waals surface area contributed by atoms with Gasteiger partial charge in [-0.25, -0.2) is 4.39 Å². The van der Waals surface area contributed by atoms with Crippen molar-refractivity contribution >= 4 is 21.9 Å². The van der Waals surface area contributed by atoms with Crippen molar-refractivity contribution in [3.05, 3.63) is 34.1 Å². The number of hydrogen-bond acceptors (Lipinski definition) is 2. The minimum atomic E-state index is -0.880. The van der Waals surface area contributed by atoms with E-state index in [2.05, 4.69) is 15.9 Å². The van der Waals surface area contributed by atoms with Crippen molar-refractivity contribution in [3.63, 3.8) is 0 Å². The molecular weight excluding hydrogens is 289 g/mol. The zero-order valence-electron chi connectivity index (χ0n) is 9.78. The third-order valence-electron chi connectivity index (χ3n) is 2.38. The van der Waals surface area contributed by atoms with Gasteiger partial charge in [-0.15, -0.1) is 0 Å². The second kappa shape index (κ2) is 6.12. The van der Waals surface area contributed by atoms with Crippen LogP contribution in [0.3, 0.4) is 0 Å². The normalized spacial score (nSPS) is 11.2. The first kappa shape index (κ1) is 14.1. The molecule has 0 atom stereocenters. The van der Waals surface area contributed by atoms with Crippen molar-refractivity contribution in [3.8, 4) is 0 Å². The molecule has 1 aromatic carbocycles. The Morgan fingerprint density at radius 3 is 2.59 bits per heavy atom. The molecule has 0 bridgehead atoms. The Labute approximate surface area is 108 Å². The lowest BCUT2D eigenvalue weighted by Crippen LogP contribution is -2.35. The summed E-state index contributed by atoms with van der Waals surface area (Å²) in [6.07, 6.45) is 0. The Bertz CT molecular complexity index is 389. The molecule has 0 saturated heterocycles. The fourth-order valence-corrected chi connectivity index (χ4v) is 2.04. The van der Waals surface area contributed by atoms with Crippen molar-refractivity contribution in [1.82, 2.24) is 4.90 Å². The second-order valence-corrected chi connectivity index (χ2v) is 5.09. The van der Waals surface area contributed by atoms with Crippen molar-refractivity contribution in [2.24, 2.45) is 0 Å². The quantitative estimate of drug-likeness (QED) is 0.909. The third-order valence-corrected chi connectivity index (χ3v) is 2.83. The Hall–Kier alpha value is -0.940. The van der Waals surface area contributed by atoms with Gasteiger partial charge in [0.2, 0.25) is 0 Å². The highest BCUT2D eigenvalue weighted by Crippen LogP contribution is 2.17. The average molecular weight is 304 g/mol. The standard InChI is InChI=1S/C12H15BrFNO2/c1-8(2)15(7-12(16)17)6-9-3-10(13)5-11(14)4-9/h3-5,8H,6-7H2,1-2H3,(H,16,17). The van der Waals surface area contributed by atoms with Crippen molar-refractivity contribution in [1.29, 1.82) is 0 Å². The SMILES string of the molecule is CC(C)N(CC(=O)O)Cc1cc(F)cc(Br)c1. The van der Waals surface area contributed by atoms with E-state index in [1.165, 1.54) is 12.1 Å². The summed E-state index contributed by atoms with van der Waals surface area (Å²) >= 11 is 3.22. The third kappa shape index (κ3) is 4.83. The van der Waals surface area contributed by atoms with Crippen LogP contribution in [0.5, 0.6) is 0 Å². The topological polar surface area (TPSA) is 40.5 Å². The maximum Gasteiger partial charge on any atom is 0.317 e. The summed E-state index contributed by atoms with van der Waals surface area (Å²) in [5.41, 5.74) is 0.756. The lowest BCUT2D eigenvalue weighted by Gasteiger charge is -2.24. The molecule has 0 radical (unpaired) electrons. The average Bonchev–Trinajstić information content (AvgIpc) is 2.13. The van der Waals surface area contributed by atoms with Crippen LogP contribution in [0.1, 0.15) is 19.4 Å². The van der Waals surface area contributed by atoms with Gasteiger partial charge in [0.1, 0.15) is 5.82 Å². The van der Waals surface area contributed by atoms with E-state index in [0.717, 1.165) is 5.56 Å². The molecule has 0 fully saturated rings. The molecule has 1 aromatic rings.